The summed E-state index contributed by atoms with van der Waals surface area (Å²) < 4.78 is 19.0. The van der Waals surface area contributed by atoms with Crippen molar-refractivity contribution in [3.8, 4) is 5.75 Å². The van der Waals surface area contributed by atoms with Crippen LogP contribution in [0.4, 0.5) is 15.8 Å². The maximum absolute atomic E-state index is 13.6. The third-order valence-corrected chi connectivity index (χ3v) is 4.58. The molecule has 2 N–H and O–H groups in total. The van der Waals surface area contributed by atoms with Crippen molar-refractivity contribution in [1.29, 1.82) is 0 Å². The number of rotatable bonds is 8. The van der Waals surface area contributed by atoms with Crippen LogP contribution < -0.4 is 20.3 Å². The van der Waals surface area contributed by atoms with Gasteiger partial charge in [0.25, 0.3) is 5.91 Å². The number of carbonyl (C=O) groups excluding carboxylic acids is 3. The van der Waals surface area contributed by atoms with Gasteiger partial charge in [0, 0.05) is 25.2 Å². The molecule has 0 saturated carbocycles. The van der Waals surface area contributed by atoms with Crippen molar-refractivity contribution in [2.45, 2.75) is 6.42 Å². The molecule has 0 aliphatic carbocycles. The van der Waals surface area contributed by atoms with Crippen LogP contribution in [0.1, 0.15) is 6.42 Å². The predicted octanol–water partition coefficient (Wildman–Crippen LogP) is 2.50. The number of halogens is 1. The number of nitrogens with zero attached hydrogens (tertiary/aromatic N) is 1. The van der Waals surface area contributed by atoms with E-state index >= 15 is 0 Å². The molecule has 1 fully saturated rings. The molecule has 2 aromatic carbocycles. The van der Waals surface area contributed by atoms with E-state index in [-0.39, 0.29) is 30.5 Å². The smallest absolute Gasteiger partial charge is 0.262 e. The van der Waals surface area contributed by atoms with E-state index in [4.69, 9.17) is 4.74 Å². The van der Waals surface area contributed by atoms with E-state index in [1.807, 2.05) is 0 Å². The summed E-state index contributed by atoms with van der Waals surface area (Å²) >= 11 is 0. The summed E-state index contributed by atoms with van der Waals surface area (Å²) in [5, 5.41) is 5.14. The van der Waals surface area contributed by atoms with Crippen molar-refractivity contribution in [3.63, 3.8) is 0 Å². The number of amides is 3. The average molecular weight is 411 g/mol. The highest BCUT2D eigenvalue weighted by molar-refractivity contribution is 6.00. The van der Waals surface area contributed by atoms with Crippen molar-refractivity contribution in [3.05, 3.63) is 67.0 Å². The van der Waals surface area contributed by atoms with Gasteiger partial charge in [-0.3, -0.25) is 14.4 Å². The van der Waals surface area contributed by atoms with Gasteiger partial charge in [-0.25, -0.2) is 4.39 Å². The van der Waals surface area contributed by atoms with Crippen molar-refractivity contribution in [2.75, 3.05) is 29.9 Å². The standard InChI is InChI=1S/C22H22FN3O4/c1-2-11-24-22(29)15-12-21(28)26(13-15)16-7-9-17(10-8-16)30-14-20(27)25-19-6-4-3-5-18(19)23/h2-10,15H,1,11-14H2,(H,24,29)(H,25,27)/t15-/m0/s1. The minimum absolute atomic E-state index is 0.0840. The quantitative estimate of drug-likeness (QED) is 0.654. The van der Waals surface area contributed by atoms with Gasteiger partial charge in [-0.1, -0.05) is 18.2 Å². The molecule has 156 valence electrons. The van der Waals surface area contributed by atoms with E-state index in [1.165, 1.54) is 18.2 Å². The van der Waals surface area contributed by atoms with Crippen LogP contribution in [0.25, 0.3) is 0 Å². The van der Waals surface area contributed by atoms with Crippen LogP contribution >= 0.6 is 0 Å². The van der Waals surface area contributed by atoms with Gasteiger partial charge in [0.1, 0.15) is 11.6 Å². The van der Waals surface area contributed by atoms with Gasteiger partial charge in [-0.15, -0.1) is 6.58 Å². The Balaban J connectivity index is 1.53. The summed E-state index contributed by atoms with van der Waals surface area (Å²) in [6, 6.07) is 12.5. The summed E-state index contributed by atoms with van der Waals surface area (Å²) in [4.78, 5) is 37.8. The largest absolute Gasteiger partial charge is 0.484 e. The zero-order valence-corrected chi connectivity index (χ0v) is 16.3. The molecule has 1 heterocycles. The number of para-hydroxylation sites is 1. The fourth-order valence-electron chi connectivity index (χ4n) is 3.07. The van der Waals surface area contributed by atoms with Crippen molar-refractivity contribution in [1.82, 2.24) is 5.32 Å². The van der Waals surface area contributed by atoms with Crippen LogP contribution in [0, 0.1) is 11.7 Å². The molecule has 3 amide bonds. The molecule has 0 radical (unpaired) electrons. The fraction of sp³-hybridized carbons (Fsp3) is 0.227. The summed E-state index contributed by atoms with van der Waals surface area (Å²) in [7, 11) is 0. The highest BCUT2D eigenvalue weighted by Gasteiger charge is 2.34. The lowest BCUT2D eigenvalue weighted by Gasteiger charge is -2.17. The lowest BCUT2D eigenvalue weighted by molar-refractivity contribution is -0.126. The number of benzene rings is 2. The third kappa shape index (κ3) is 5.22. The number of anilines is 2. The topological polar surface area (TPSA) is 87.7 Å². The second-order valence-corrected chi connectivity index (χ2v) is 6.75. The maximum Gasteiger partial charge on any atom is 0.262 e. The molecular formula is C22H22FN3O4. The highest BCUT2D eigenvalue weighted by Crippen LogP contribution is 2.27. The number of hydrogen-bond acceptors (Lipinski definition) is 4. The summed E-state index contributed by atoms with van der Waals surface area (Å²) in [6.45, 7) is 3.92. The van der Waals surface area contributed by atoms with Gasteiger partial charge >= 0.3 is 0 Å². The van der Waals surface area contributed by atoms with Gasteiger partial charge in [-0.2, -0.15) is 0 Å². The van der Waals surface area contributed by atoms with Gasteiger partial charge in [0.15, 0.2) is 6.61 Å². The van der Waals surface area contributed by atoms with E-state index in [2.05, 4.69) is 17.2 Å². The van der Waals surface area contributed by atoms with Crippen LogP contribution in [-0.4, -0.2) is 37.4 Å². The van der Waals surface area contributed by atoms with Crippen LogP contribution in [0.3, 0.4) is 0 Å². The molecule has 1 aliphatic heterocycles. The van der Waals surface area contributed by atoms with E-state index < -0.39 is 17.6 Å². The number of ether oxygens (including phenoxy) is 1. The first-order valence-electron chi connectivity index (χ1n) is 9.44. The van der Waals surface area contributed by atoms with E-state index in [0.717, 1.165) is 0 Å². The Morgan fingerprint density at radius 1 is 1.20 bits per heavy atom. The van der Waals surface area contributed by atoms with Crippen LogP contribution in [0.15, 0.2) is 61.2 Å². The molecule has 0 unspecified atom stereocenters. The normalized spacial score (nSPS) is 15.6. The van der Waals surface area contributed by atoms with Gasteiger partial charge in [0.2, 0.25) is 11.8 Å². The molecule has 1 aliphatic rings. The summed E-state index contributed by atoms with van der Waals surface area (Å²) in [6.07, 6.45) is 1.74. The molecule has 3 rings (SSSR count). The van der Waals surface area contributed by atoms with Gasteiger partial charge in [0.05, 0.1) is 11.6 Å². The lowest BCUT2D eigenvalue weighted by atomic mass is 10.1. The zero-order chi connectivity index (χ0) is 21.5. The Kier molecular flexibility index (Phi) is 6.79. The predicted molar refractivity (Wildman–Crippen MR) is 111 cm³/mol. The second-order valence-electron chi connectivity index (χ2n) is 6.75. The Morgan fingerprint density at radius 3 is 2.63 bits per heavy atom. The molecule has 8 heteroatoms. The number of nitrogens with one attached hydrogen (secondary N) is 2. The Morgan fingerprint density at radius 2 is 1.93 bits per heavy atom. The van der Waals surface area contributed by atoms with Gasteiger partial charge in [-0.05, 0) is 36.4 Å². The minimum atomic E-state index is -0.526. The Bertz CT molecular complexity index is 946. The van der Waals surface area contributed by atoms with Crippen LogP contribution in [0.5, 0.6) is 5.75 Å². The number of carbonyl (C=O) groups is 3. The molecule has 7 nitrogen and oxygen atoms in total. The van der Waals surface area contributed by atoms with Crippen LogP contribution in [0.2, 0.25) is 0 Å². The first kappa shape index (κ1) is 21.0. The molecule has 0 aromatic heterocycles. The SMILES string of the molecule is C=CCNC(=O)[C@H]1CC(=O)N(c2ccc(OCC(=O)Nc3ccccc3F)cc2)C1. The maximum atomic E-state index is 13.6. The van der Waals surface area contributed by atoms with E-state index in [9.17, 15) is 18.8 Å². The van der Waals surface area contributed by atoms with Crippen LogP contribution in [-0.2, 0) is 14.4 Å². The fourth-order valence-corrected chi connectivity index (χ4v) is 3.07. The minimum Gasteiger partial charge on any atom is -0.484 e. The van der Waals surface area contributed by atoms with Crippen molar-refractivity contribution in [2.24, 2.45) is 5.92 Å². The van der Waals surface area contributed by atoms with Crippen molar-refractivity contribution < 1.29 is 23.5 Å². The van der Waals surface area contributed by atoms with E-state index in [0.29, 0.717) is 24.5 Å². The Labute approximate surface area is 173 Å². The highest BCUT2D eigenvalue weighted by atomic mass is 19.1. The molecule has 0 bridgehead atoms. The molecular weight excluding hydrogens is 389 g/mol. The molecule has 2 aromatic rings. The van der Waals surface area contributed by atoms with Crippen molar-refractivity contribution >= 4 is 29.1 Å². The summed E-state index contributed by atoms with van der Waals surface area (Å²) in [5.41, 5.74) is 0.725. The third-order valence-electron chi connectivity index (χ3n) is 4.58. The molecule has 1 saturated heterocycles. The Hall–Kier alpha value is -3.68. The van der Waals surface area contributed by atoms with Gasteiger partial charge < -0.3 is 20.3 Å². The average Bonchev–Trinajstić information content (AvgIpc) is 3.14. The summed E-state index contributed by atoms with van der Waals surface area (Å²) in [5.74, 6) is -1.31. The van der Waals surface area contributed by atoms with E-state index in [1.54, 1.807) is 41.3 Å². The first-order chi connectivity index (χ1) is 14.5. The molecule has 1 atom stereocenters. The first-order valence-corrected chi connectivity index (χ1v) is 9.44. The monoisotopic (exact) mass is 411 g/mol. The second kappa shape index (κ2) is 9.69. The number of hydrogen-bond donors (Lipinski definition) is 2. The molecule has 30 heavy (non-hydrogen) atoms. The molecule has 0 spiro atoms. The lowest BCUT2D eigenvalue weighted by Crippen LogP contribution is -2.32. The zero-order valence-electron chi connectivity index (χ0n) is 16.3.